The summed E-state index contributed by atoms with van der Waals surface area (Å²) in [6, 6.07) is 8.73. The minimum absolute atomic E-state index is 0.175. The summed E-state index contributed by atoms with van der Waals surface area (Å²) in [5.41, 5.74) is 2.64. The third-order valence-corrected chi connectivity index (χ3v) is 4.95. The van der Waals surface area contributed by atoms with Crippen LogP contribution in [0.4, 0.5) is 0 Å². The van der Waals surface area contributed by atoms with E-state index in [1.807, 2.05) is 0 Å². The fraction of sp³-hybridized carbons (Fsp3) is 0.611. The van der Waals surface area contributed by atoms with Crippen molar-refractivity contribution >= 4 is 5.91 Å². The van der Waals surface area contributed by atoms with E-state index in [0.29, 0.717) is 12.0 Å². The molecule has 1 aliphatic heterocycles. The van der Waals surface area contributed by atoms with E-state index in [-0.39, 0.29) is 11.8 Å². The molecule has 1 saturated heterocycles. The molecule has 2 fully saturated rings. The normalized spacial score (nSPS) is 27.8. The van der Waals surface area contributed by atoms with Crippen molar-refractivity contribution in [2.45, 2.75) is 31.7 Å². The average molecular weight is 302 g/mol. The van der Waals surface area contributed by atoms with Crippen molar-refractivity contribution in [1.82, 2.24) is 10.2 Å². The minimum atomic E-state index is 0.175. The molecule has 1 aromatic carbocycles. The van der Waals surface area contributed by atoms with Crippen LogP contribution in [0.15, 0.2) is 24.3 Å². The Bertz CT molecular complexity index is 532. The summed E-state index contributed by atoms with van der Waals surface area (Å²) in [5, 5.41) is 3.24. The van der Waals surface area contributed by atoms with Crippen LogP contribution in [0.25, 0.3) is 0 Å². The standard InChI is InChI=1S/C18H26N2O2/c1-13-5-3-4-6-15(13)16-11-17(16)18(21)19-14-7-8-20(12-14)9-10-22-2/h3-6,14,16-17H,7-12H2,1-2H3,(H,19,21)/t14-,16-,17-/m0/s1. The molecule has 0 radical (unpaired) electrons. The molecule has 120 valence electrons. The van der Waals surface area contributed by atoms with Gasteiger partial charge in [-0.3, -0.25) is 9.69 Å². The molecule has 1 heterocycles. The molecule has 4 heteroatoms. The number of amides is 1. The molecule has 1 N–H and O–H groups in total. The van der Waals surface area contributed by atoms with E-state index in [1.165, 1.54) is 11.1 Å². The number of ether oxygens (including phenoxy) is 1. The van der Waals surface area contributed by atoms with E-state index in [2.05, 4.69) is 41.4 Å². The number of hydrogen-bond donors (Lipinski definition) is 1. The molecule has 0 aromatic heterocycles. The van der Waals surface area contributed by atoms with Crippen molar-refractivity contribution in [2.24, 2.45) is 5.92 Å². The highest BCUT2D eigenvalue weighted by Gasteiger charge is 2.45. The Kier molecular flexibility index (Phi) is 4.79. The highest BCUT2D eigenvalue weighted by molar-refractivity contribution is 5.83. The van der Waals surface area contributed by atoms with Crippen molar-refractivity contribution in [3.63, 3.8) is 0 Å². The fourth-order valence-corrected chi connectivity index (χ4v) is 3.51. The zero-order chi connectivity index (χ0) is 15.5. The molecular formula is C18H26N2O2. The summed E-state index contributed by atoms with van der Waals surface area (Å²) in [7, 11) is 1.73. The highest BCUT2D eigenvalue weighted by Crippen LogP contribution is 2.48. The van der Waals surface area contributed by atoms with Crippen LogP contribution in [-0.2, 0) is 9.53 Å². The van der Waals surface area contributed by atoms with Gasteiger partial charge in [-0.15, -0.1) is 0 Å². The molecule has 22 heavy (non-hydrogen) atoms. The number of likely N-dealkylation sites (tertiary alicyclic amines) is 1. The molecule has 0 unspecified atom stereocenters. The number of benzene rings is 1. The van der Waals surface area contributed by atoms with Crippen molar-refractivity contribution in [2.75, 3.05) is 33.4 Å². The molecular weight excluding hydrogens is 276 g/mol. The molecule has 0 spiro atoms. The SMILES string of the molecule is COCCN1CC[C@H](NC(=O)[C@H]2C[C@H]2c2ccccc2C)C1. The van der Waals surface area contributed by atoms with E-state index >= 15 is 0 Å². The number of nitrogens with zero attached hydrogens (tertiary/aromatic N) is 1. The van der Waals surface area contributed by atoms with Crippen molar-refractivity contribution in [3.05, 3.63) is 35.4 Å². The van der Waals surface area contributed by atoms with Gasteiger partial charge in [0.1, 0.15) is 0 Å². The van der Waals surface area contributed by atoms with E-state index in [4.69, 9.17) is 4.74 Å². The molecule has 3 rings (SSSR count). The summed E-state index contributed by atoms with van der Waals surface area (Å²) >= 11 is 0. The molecule has 0 bridgehead atoms. The first-order valence-corrected chi connectivity index (χ1v) is 8.26. The predicted molar refractivity (Wildman–Crippen MR) is 86.9 cm³/mol. The maximum Gasteiger partial charge on any atom is 0.224 e. The topological polar surface area (TPSA) is 41.6 Å². The average Bonchev–Trinajstić information content (AvgIpc) is 3.19. The first-order valence-electron chi connectivity index (χ1n) is 8.26. The Morgan fingerprint density at radius 2 is 2.23 bits per heavy atom. The lowest BCUT2D eigenvalue weighted by atomic mass is 10.0. The van der Waals surface area contributed by atoms with Crippen LogP contribution < -0.4 is 5.32 Å². The van der Waals surface area contributed by atoms with Crippen LogP contribution in [0.3, 0.4) is 0 Å². The summed E-state index contributed by atoms with van der Waals surface area (Å²) in [4.78, 5) is 14.8. The van der Waals surface area contributed by atoms with Crippen LogP contribution in [0.5, 0.6) is 0 Å². The number of hydrogen-bond acceptors (Lipinski definition) is 3. The molecule has 1 aliphatic carbocycles. The van der Waals surface area contributed by atoms with Gasteiger partial charge in [0.05, 0.1) is 6.61 Å². The summed E-state index contributed by atoms with van der Waals surface area (Å²) in [6.45, 7) is 5.86. The van der Waals surface area contributed by atoms with E-state index in [9.17, 15) is 4.79 Å². The van der Waals surface area contributed by atoms with Gasteiger partial charge in [0.15, 0.2) is 0 Å². The van der Waals surface area contributed by atoms with Crippen molar-refractivity contribution in [3.8, 4) is 0 Å². The predicted octanol–water partition coefficient (Wildman–Crippen LogP) is 1.94. The summed E-state index contributed by atoms with van der Waals surface area (Å²) < 4.78 is 5.11. The third-order valence-electron chi connectivity index (χ3n) is 4.95. The molecule has 3 atom stereocenters. The van der Waals surface area contributed by atoms with Crippen LogP contribution >= 0.6 is 0 Å². The van der Waals surface area contributed by atoms with E-state index < -0.39 is 0 Å². The number of methoxy groups -OCH3 is 1. The fourth-order valence-electron chi connectivity index (χ4n) is 3.51. The van der Waals surface area contributed by atoms with E-state index in [0.717, 1.165) is 39.1 Å². The lowest BCUT2D eigenvalue weighted by Crippen LogP contribution is -2.38. The third kappa shape index (κ3) is 3.50. The largest absolute Gasteiger partial charge is 0.383 e. The van der Waals surface area contributed by atoms with Gasteiger partial charge in [-0.05, 0) is 36.8 Å². The van der Waals surface area contributed by atoms with Crippen molar-refractivity contribution in [1.29, 1.82) is 0 Å². The number of carbonyl (C=O) groups is 1. The van der Waals surface area contributed by atoms with Gasteiger partial charge >= 0.3 is 0 Å². The second-order valence-electron chi connectivity index (χ2n) is 6.59. The molecule has 1 aromatic rings. The van der Waals surface area contributed by atoms with Gasteiger partial charge in [0, 0.05) is 38.7 Å². The summed E-state index contributed by atoms with van der Waals surface area (Å²) in [6.07, 6.45) is 2.05. The van der Waals surface area contributed by atoms with Crippen LogP contribution in [0.1, 0.15) is 29.9 Å². The highest BCUT2D eigenvalue weighted by atomic mass is 16.5. The zero-order valence-corrected chi connectivity index (χ0v) is 13.5. The monoisotopic (exact) mass is 302 g/mol. The summed E-state index contributed by atoms with van der Waals surface area (Å²) in [5.74, 6) is 0.841. The van der Waals surface area contributed by atoms with Crippen LogP contribution in [0, 0.1) is 12.8 Å². The van der Waals surface area contributed by atoms with Gasteiger partial charge in [-0.25, -0.2) is 0 Å². The first kappa shape index (κ1) is 15.5. The quantitative estimate of drug-likeness (QED) is 0.873. The van der Waals surface area contributed by atoms with Gasteiger partial charge in [0.2, 0.25) is 5.91 Å². The van der Waals surface area contributed by atoms with Gasteiger partial charge in [-0.1, -0.05) is 24.3 Å². The number of nitrogens with one attached hydrogen (secondary N) is 1. The number of aryl methyl sites for hydroxylation is 1. The van der Waals surface area contributed by atoms with Gasteiger partial charge < -0.3 is 10.1 Å². The zero-order valence-electron chi connectivity index (χ0n) is 13.5. The number of rotatable bonds is 6. The Hall–Kier alpha value is -1.39. The van der Waals surface area contributed by atoms with Crippen molar-refractivity contribution < 1.29 is 9.53 Å². The first-order chi connectivity index (χ1) is 10.7. The maximum absolute atomic E-state index is 12.4. The molecule has 4 nitrogen and oxygen atoms in total. The number of carbonyl (C=O) groups excluding carboxylic acids is 1. The lowest BCUT2D eigenvalue weighted by Gasteiger charge is -2.16. The smallest absolute Gasteiger partial charge is 0.224 e. The van der Waals surface area contributed by atoms with Gasteiger partial charge in [0.25, 0.3) is 0 Å². The lowest BCUT2D eigenvalue weighted by molar-refractivity contribution is -0.123. The Morgan fingerprint density at radius 3 is 3.00 bits per heavy atom. The van der Waals surface area contributed by atoms with Crippen LogP contribution in [0.2, 0.25) is 0 Å². The second kappa shape index (κ2) is 6.80. The Labute approximate surface area is 132 Å². The minimum Gasteiger partial charge on any atom is -0.383 e. The van der Waals surface area contributed by atoms with Gasteiger partial charge in [-0.2, -0.15) is 0 Å². The Balaban J connectivity index is 1.47. The van der Waals surface area contributed by atoms with Crippen LogP contribution in [-0.4, -0.2) is 50.2 Å². The molecule has 1 amide bonds. The molecule has 1 saturated carbocycles. The second-order valence-corrected chi connectivity index (χ2v) is 6.59. The molecule has 2 aliphatic rings. The Morgan fingerprint density at radius 1 is 1.41 bits per heavy atom. The maximum atomic E-state index is 12.4. The van der Waals surface area contributed by atoms with E-state index in [1.54, 1.807) is 7.11 Å².